The summed E-state index contributed by atoms with van der Waals surface area (Å²) in [6.07, 6.45) is 0.891. The second kappa shape index (κ2) is 6.17. The normalized spacial score (nSPS) is 15.4. The first-order valence-corrected chi connectivity index (χ1v) is 7.76. The van der Waals surface area contributed by atoms with Gasteiger partial charge in [0.15, 0.2) is 11.5 Å². The second-order valence-corrected chi connectivity index (χ2v) is 5.97. The second-order valence-electron chi connectivity index (χ2n) is 5.13. The molecule has 0 radical (unpaired) electrons. The number of fused-ring (bicyclic) bond motifs is 1. The fourth-order valence-electron chi connectivity index (χ4n) is 2.30. The first-order chi connectivity index (χ1) is 10.1. The van der Waals surface area contributed by atoms with E-state index in [0.29, 0.717) is 13.2 Å². The van der Waals surface area contributed by atoms with Crippen LogP contribution in [0.25, 0.3) is 0 Å². The van der Waals surface area contributed by atoms with Crippen molar-refractivity contribution in [2.45, 2.75) is 18.7 Å². The highest BCUT2D eigenvalue weighted by Crippen LogP contribution is 2.37. The number of aryl methyl sites for hydroxylation is 1. The summed E-state index contributed by atoms with van der Waals surface area (Å²) in [5.74, 6) is 1.54. The minimum absolute atomic E-state index is 0.264. The Balaban J connectivity index is 1.92. The van der Waals surface area contributed by atoms with E-state index in [1.807, 2.05) is 43.3 Å². The Morgan fingerprint density at radius 3 is 2.38 bits per heavy atom. The standard InChI is InChI=1S/C17H16Cl2O2/c1-11-3-4-12(9-14(11)18)17(19)13-5-6-15-16(10-13)21-8-2-7-20-15/h3-6,9-10,17H,2,7-8H2,1H3. The van der Waals surface area contributed by atoms with Crippen LogP contribution in [0.5, 0.6) is 11.5 Å². The van der Waals surface area contributed by atoms with Crippen molar-refractivity contribution < 1.29 is 9.47 Å². The van der Waals surface area contributed by atoms with Crippen molar-refractivity contribution in [1.29, 1.82) is 0 Å². The summed E-state index contributed by atoms with van der Waals surface area (Å²) in [6, 6.07) is 11.7. The maximum atomic E-state index is 6.58. The molecule has 2 nitrogen and oxygen atoms in total. The quantitative estimate of drug-likeness (QED) is 0.713. The van der Waals surface area contributed by atoms with Crippen LogP contribution in [-0.4, -0.2) is 13.2 Å². The van der Waals surface area contributed by atoms with E-state index in [1.165, 1.54) is 0 Å². The monoisotopic (exact) mass is 322 g/mol. The molecule has 0 spiro atoms. The molecule has 21 heavy (non-hydrogen) atoms. The highest BCUT2D eigenvalue weighted by molar-refractivity contribution is 6.31. The van der Waals surface area contributed by atoms with Gasteiger partial charge < -0.3 is 9.47 Å². The van der Waals surface area contributed by atoms with E-state index in [2.05, 4.69) is 0 Å². The minimum atomic E-state index is -0.264. The Kier molecular flexibility index (Phi) is 4.27. The predicted molar refractivity (Wildman–Crippen MR) is 85.9 cm³/mol. The molecule has 0 aliphatic carbocycles. The summed E-state index contributed by atoms with van der Waals surface area (Å²) in [6.45, 7) is 3.33. The number of alkyl halides is 1. The van der Waals surface area contributed by atoms with Gasteiger partial charge in [-0.3, -0.25) is 0 Å². The average molecular weight is 323 g/mol. The Morgan fingerprint density at radius 2 is 1.62 bits per heavy atom. The molecule has 4 heteroatoms. The van der Waals surface area contributed by atoms with Crippen LogP contribution in [0.3, 0.4) is 0 Å². The summed E-state index contributed by atoms with van der Waals surface area (Å²) in [5, 5.41) is 0.466. The van der Waals surface area contributed by atoms with Crippen molar-refractivity contribution in [3.63, 3.8) is 0 Å². The Bertz CT molecular complexity index is 655. The van der Waals surface area contributed by atoms with Crippen molar-refractivity contribution in [3.8, 4) is 11.5 Å². The van der Waals surface area contributed by atoms with Gasteiger partial charge in [0.05, 0.1) is 18.6 Å². The molecule has 0 fully saturated rings. The van der Waals surface area contributed by atoms with Crippen molar-refractivity contribution in [1.82, 2.24) is 0 Å². The Labute approximate surface area is 134 Å². The highest BCUT2D eigenvalue weighted by Gasteiger charge is 2.16. The molecule has 2 aromatic carbocycles. The first kappa shape index (κ1) is 14.6. The van der Waals surface area contributed by atoms with Gasteiger partial charge in [0, 0.05) is 11.4 Å². The van der Waals surface area contributed by atoms with E-state index in [-0.39, 0.29) is 5.38 Å². The van der Waals surface area contributed by atoms with E-state index in [0.717, 1.165) is 39.6 Å². The summed E-state index contributed by atoms with van der Waals surface area (Å²) in [7, 11) is 0. The number of halogens is 2. The molecule has 0 saturated heterocycles. The highest BCUT2D eigenvalue weighted by atomic mass is 35.5. The molecule has 1 atom stereocenters. The smallest absolute Gasteiger partial charge is 0.161 e. The molecule has 1 aliphatic heterocycles. The van der Waals surface area contributed by atoms with E-state index in [4.69, 9.17) is 32.7 Å². The van der Waals surface area contributed by atoms with Gasteiger partial charge >= 0.3 is 0 Å². The average Bonchev–Trinajstić information content (AvgIpc) is 2.73. The number of hydrogen-bond donors (Lipinski definition) is 0. The van der Waals surface area contributed by atoms with E-state index in [1.54, 1.807) is 0 Å². The molecule has 2 aromatic rings. The summed E-state index contributed by atoms with van der Waals surface area (Å²) in [4.78, 5) is 0. The van der Waals surface area contributed by atoms with Gasteiger partial charge in [-0.2, -0.15) is 0 Å². The van der Waals surface area contributed by atoms with Gasteiger partial charge in [0.25, 0.3) is 0 Å². The molecule has 0 N–H and O–H groups in total. The molecule has 0 saturated carbocycles. The van der Waals surface area contributed by atoms with Gasteiger partial charge in [-0.05, 0) is 41.8 Å². The fraction of sp³-hybridized carbons (Fsp3) is 0.294. The lowest BCUT2D eigenvalue weighted by Gasteiger charge is -2.14. The lowest BCUT2D eigenvalue weighted by Crippen LogP contribution is -1.98. The van der Waals surface area contributed by atoms with E-state index >= 15 is 0 Å². The number of rotatable bonds is 2. The number of hydrogen-bond acceptors (Lipinski definition) is 2. The van der Waals surface area contributed by atoms with E-state index < -0.39 is 0 Å². The molecule has 0 bridgehead atoms. The Hall–Kier alpha value is -1.38. The molecule has 0 amide bonds. The van der Waals surface area contributed by atoms with Gasteiger partial charge in [-0.25, -0.2) is 0 Å². The maximum Gasteiger partial charge on any atom is 0.161 e. The van der Waals surface area contributed by atoms with Gasteiger partial charge in [-0.1, -0.05) is 29.8 Å². The topological polar surface area (TPSA) is 18.5 Å². The molecule has 0 aromatic heterocycles. The molecular weight excluding hydrogens is 307 g/mol. The van der Waals surface area contributed by atoms with Crippen LogP contribution in [0, 0.1) is 6.92 Å². The summed E-state index contributed by atoms with van der Waals surface area (Å²) >= 11 is 12.8. The minimum Gasteiger partial charge on any atom is -0.490 e. The van der Waals surface area contributed by atoms with Crippen molar-refractivity contribution >= 4 is 23.2 Å². The van der Waals surface area contributed by atoms with Gasteiger partial charge in [0.1, 0.15) is 0 Å². The molecule has 1 aliphatic rings. The lowest BCUT2D eigenvalue weighted by atomic mass is 10.0. The third-order valence-corrected chi connectivity index (χ3v) is 4.46. The largest absolute Gasteiger partial charge is 0.490 e. The predicted octanol–water partition coefficient (Wildman–Crippen LogP) is 5.14. The third kappa shape index (κ3) is 3.12. The number of ether oxygens (including phenoxy) is 2. The van der Waals surface area contributed by atoms with Crippen LogP contribution in [-0.2, 0) is 0 Å². The maximum absolute atomic E-state index is 6.58. The molecule has 3 rings (SSSR count). The zero-order valence-corrected chi connectivity index (χ0v) is 13.2. The molecule has 1 heterocycles. The van der Waals surface area contributed by atoms with Crippen LogP contribution in [0.4, 0.5) is 0 Å². The number of benzene rings is 2. The third-order valence-electron chi connectivity index (χ3n) is 3.55. The van der Waals surface area contributed by atoms with Gasteiger partial charge in [-0.15, -0.1) is 11.6 Å². The van der Waals surface area contributed by atoms with Crippen LogP contribution >= 0.6 is 23.2 Å². The van der Waals surface area contributed by atoms with Crippen LogP contribution < -0.4 is 9.47 Å². The van der Waals surface area contributed by atoms with Crippen molar-refractivity contribution in [2.75, 3.05) is 13.2 Å². The van der Waals surface area contributed by atoms with Gasteiger partial charge in [0.2, 0.25) is 0 Å². The Morgan fingerprint density at radius 1 is 0.952 bits per heavy atom. The van der Waals surface area contributed by atoms with Crippen molar-refractivity contribution in [3.05, 3.63) is 58.1 Å². The van der Waals surface area contributed by atoms with Crippen molar-refractivity contribution in [2.24, 2.45) is 0 Å². The zero-order valence-electron chi connectivity index (χ0n) is 11.7. The summed E-state index contributed by atoms with van der Waals surface area (Å²) in [5.41, 5.74) is 2.99. The van der Waals surface area contributed by atoms with Crippen LogP contribution in [0.15, 0.2) is 36.4 Å². The first-order valence-electron chi connectivity index (χ1n) is 6.95. The van der Waals surface area contributed by atoms with Crippen LogP contribution in [0.2, 0.25) is 5.02 Å². The fourth-order valence-corrected chi connectivity index (χ4v) is 2.76. The SMILES string of the molecule is Cc1ccc(C(Cl)c2ccc3c(c2)OCCCO3)cc1Cl. The van der Waals surface area contributed by atoms with Crippen LogP contribution in [0.1, 0.15) is 28.5 Å². The molecule has 110 valence electrons. The van der Waals surface area contributed by atoms with E-state index in [9.17, 15) is 0 Å². The lowest BCUT2D eigenvalue weighted by molar-refractivity contribution is 0.297. The molecule has 1 unspecified atom stereocenters. The zero-order chi connectivity index (χ0) is 14.8. The summed E-state index contributed by atoms with van der Waals surface area (Å²) < 4.78 is 11.3. The molecular formula is C17H16Cl2O2.